The van der Waals surface area contributed by atoms with Gasteiger partial charge in [0.05, 0.1) is 21.0 Å². The summed E-state index contributed by atoms with van der Waals surface area (Å²) in [5.41, 5.74) is -0.296. The predicted molar refractivity (Wildman–Crippen MR) is 117 cm³/mol. The first-order chi connectivity index (χ1) is 15.3. The molecule has 170 valence electrons. The van der Waals surface area contributed by atoms with E-state index in [4.69, 9.17) is 4.42 Å². The molecule has 1 aromatic carbocycles. The van der Waals surface area contributed by atoms with E-state index >= 15 is 0 Å². The summed E-state index contributed by atoms with van der Waals surface area (Å²) >= 11 is 1.06. The Bertz CT molecular complexity index is 1220. The second-order valence-corrected chi connectivity index (χ2v) is 10.2. The lowest BCUT2D eigenvalue weighted by Crippen LogP contribution is -2.47. The first kappa shape index (κ1) is 22.5. The Balaban J connectivity index is 1.66. The third-order valence-corrected chi connectivity index (χ3v) is 8.15. The van der Waals surface area contributed by atoms with E-state index < -0.39 is 14.9 Å². The second kappa shape index (κ2) is 9.02. The van der Waals surface area contributed by atoms with Gasteiger partial charge < -0.3 is 9.32 Å². The highest BCUT2D eigenvalue weighted by molar-refractivity contribution is 7.99. The molecule has 0 radical (unpaired) electrons. The highest BCUT2D eigenvalue weighted by atomic mass is 32.2. The van der Waals surface area contributed by atoms with Crippen LogP contribution in [-0.2, 0) is 16.6 Å². The maximum atomic E-state index is 13.0. The molecule has 0 aliphatic carbocycles. The molecular formula is C19H22N6O5S2. The maximum Gasteiger partial charge on any atom is 0.284 e. The van der Waals surface area contributed by atoms with Crippen molar-refractivity contribution in [2.24, 2.45) is 0 Å². The zero-order chi connectivity index (χ0) is 22.9. The Morgan fingerprint density at radius 1 is 1.19 bits per heavy atom. The molecule has 0 atom stereocenters. The molecule has 32 heavy (non-hydrogen) atoms. The smallest absolute Gasteiger partial charge is 0.284 e. The molecule has 1 aliphatic rings. The number of hydrogen-bond acceptors (Lipinski definition) is 9. The number of hydrogen-bond donors (Lipinski definition) is 0. The van der Waals surface area contributed by atoms with Gasteiger partial charge in [-0.2, -0.15) is 4.31 Å². The van der Waals surface area contributed by atoms with Gasteiger partial charge in [-0.3, -0.25) is 14.7 Å². The minimum absolute atomic E-state index is 0.0914. The van der Waals surface area contributed by atoms with Crippen LogP contribution in [0.5, 0.6) is 0 Å². The molecule has 3 heterocycles. The number of piperazine rings is 1. The number of nitro groups is 1. The van der Waals surface area contributed by atoms with Crippen molar-refractivity contribution in [3.63, 3.8) is 0 Å². The van der Waals surface area contributed by atoms with Crippen molar-refractivity contribution >= 4 is 27.5 Å². The van der Waals surface area contributed by atoms with Crippen molar-refractivity contribution < 1.29 is 17.8 Å². The lowest BCUT2D eigenvalue weighted by atomic mass is 10.3. The normalized spacial score (nSPS) is 15.8. The molecule has 1 saturated heterocycles. The Hall–Kier alpha value is -2.74. The van der Waals surface area contributed by atoms with Crippen LogP contribution in [0.1, 0.15) is 6.92 Å². The average molecular weight is 479 g/mol. The van der Waals surface area contributed by atoms with Gasteiger partial charge in [-0.05, 0) is 50.0 Å². The van der Waals surface area contributed by atoms with Crippen molar-refractivity contribution in [3.05, 3.63) is 46.7 Å². The highest BCUT2D eigenvalue weighted by Crippen LogP contribution is 2.37. The van der Waals surface area contributed by atoms with Gasteiger partial charge in [0.25, 0.3) is 5.69 Å². The monoisotopic (exact) mass is 478 g/mol. The van der Waals surface area contributed by atoms with Gasteiger partial charge >= 0.3 is 0 Å². The molecular weight excluding hydrogens is 456 g/mol. The van der Waals surface area contributed by atoms with Crippen molar-refractivity contribution in [1.82, 2.24) is 24.0 Å². The zero-order valence-corrected chi connectivity index (χ0v) is 19.2. The van der Waals surface area contributed by atoms with Crippen LogP contribution in [0.15, 0.2) is 56.0 Å². The largest absolute Gasteiger partial charge is 0.461 e. The van der Waals surface area contributed by atoms with Crippen LogP contribution < -0.4 is 0 Å². The van der Waals surface area contributed by atoms with Gasteiger partial charge in [0, 0.05) is 38.8 Å². The third kappa shape index (κ3) is 4.28. The van der Waals surface area contributed by atoms with E-state index in [0.29, 0.717) is 49.5 Å². The molecule has 0 unspecified atom stereocenters. The van der Waals surface area contributed by atoms with Gasteiger partial charge in [-0.25, -0.2) is 8.42 Å². The molecule has 4 rings (SSSR count). The lowest BCUT2D eigenvalue weighted by Gasteiger charge is -2.31. The minimum Gasteiger partial charge on any atom is -0.461 e. The van der Waals surface area contributed by atoms with Gasteiger partial charge in [-0.15, -0.1) is 10.2 Å². The van der Waals surface area contributed by atoms with E-state index in [1.165, 1.54) is 22.7 Å². The topological polar surface area (TPSA) is 128 Å². The van der Waals surface area contributed by atoms with Crippen LogP contribution in [0.3, 0.4) is 0 Å². The van der Waals surface area contributed by atoms with Crippen LogP contribution in [0.2, 0.25) is 0 Å². The Morgan fingerprint density at radius 2 is 1.94 bits per heavy atom. The van der Waals surface area contributed by atoms with Crippen molar-refractivity contribution in [2.45, 2.75) is 28.4 Å². The lowest BCUT2D eigenvalue weighted by molar-refractivity contribution is -0.388. The van der Waals surface area contributed by atoms with Gasteiger partial charge in [0.15, 0.2) is 16.7 Å². The van der Waals surface area contributed by atoms with Crippen molar-refractivity contribution in [2.75, 3.05) is 33.2 Å². The summed E-state index contributed by atoms with van der Waals surface area (Å²) in [4.78, 5) is 13.4. The van der Waals surface area contributed by atoms with Gasteiger partial charge in [0.2, 0.25) is 10.0 Å². The molecule has 0 spiro atoms. The molecule has 0 bridgehead atoms. The second-order valence-electron chi connectivity index (χ2n) is 7.22. The Morgan fingerprint density at radius 3 is 2.56 bits per heavy atom. The average Bonchev–Trinajstić information content (AvgIpc) is 3.43. The van der Waals surface area contributed by atoms with Crippen LogP contribution in [0.25, 0.3) is 11.6 Å². The first-order valence-electron chi connectivity index (χ1n) is 9.93. The summed E-state index contributed by atoms with van der Waals surface area (Å²) in [6.45, 7) is 4.34. The fourth-order valence-corrected chi connectivity index (χ4v) is 5.82. The van der Waals surface area contributed by atoms with Crippen molar-refractivity contribution in [1.29, 1.82) is 0 Å². The third-order valence-electron chi connectivity index (χ3n) is 5.20. The standard InChI is InChI=1S/C19H22N6O5S2/c1-3-24-18(16-5-4-12-30-16)20-21-19(24)31-17-7-6-14(13-15(17)25(26)27)32(28,29)23-10-8-22(2)9-11-23/h4-7,12-13H,3,8-11H2,1-2H3. The molecule has 13 heteroatoms. The van der Waals surface area contributed by atoms with E-state index in [2.05, 4.69) is 10.2 Å². The molecule has 1 fully saturated rings. The maximum absolute atomic E-state index is 13.0. The molecule has 0 amide bonds. The number of likely N-dealkylation sites (N-methyl/N-ethyl adjacent to an activating group) is 1. The Kier molecular flexibility index (Phi) is 6.33. The number of nitrogens with zero attached hydrogens (tertiary/aromatic N) is 6. The van der Waals surface area contributed by atoms with E-state index in [0.717, 1.165) is 17.8 Å². The zero-order valence-electron chi connectivity index (χ0n) is 17.5. The van der Waals surface area contributed by atoms with Crippen LogP contribution >= 0.6 is 11.8 Å². The highest BCUT2D eigenvalue weighted by Gasteiger charge is 2.30. The molecule has 1 aliphatic heterocycles. The summed E-state index contributed by atoms with van der Waals surface area (Å²) in [5, 5.41) is 20.5. The van der Waals surface area contributed by atoms with E-state index in [9.17, 15) is 18.5 Å². The number of rotatable bonds is 7. The summed E-state index contributed by atoms with van der Waals surface area (Å²) < 4.78 is 34.6. The number of aromatic nitrogens is 3. The molecule has 3 aromatic rings. The Labute approximate surface area is 189 Å². The van der Waals surface area contributed by atoms with E-state index in [1.807, 2.05) is 18.9 Å². The minimum atomic E-state index is -3.82. The molecule has 11 nitrogen and oxygen atoms in total. The number of nitro benzene ring substituents is 1. The SMILES string of the molecule is CCn1c(Sc2ccc(S(=O)(=O)N3CCN(C)CC3)cc2[N+](=O)[O-])nnc1-c1ccco1. The predicted octanol–water partition coefficient (Wildman–Crippen LogP) is 2.55. The van der Waals surface area contributed by atoms with E-state index in [1.54, 1.807) is 16.7 Å². The molecule has 2 aromatic heterocycles. The summed E-state index contributed by atoms with van der Waals surface area (Å²) in [6.07, 6.45) is 1.53. The number of benzene rings is 1. The molecule has 0 saturated carbocycles. The van der Waals surface area contributed by atoms with Crippen LogP contribution in [0, 0.1) is 10.1 Å². The fraction of sp³-hybridized carbons (Fsp3) is 0.368. The van der Waals surface area contributed by atoms with Gasteiger partial charge in [0.1, 0.15) is 0 Å². The molecule has 0 N–H and O–H groups in total. The van der Waals surface area contributed by atoms with Crippen LogP contribution in [-0.4, -0.2) is 70.5 Å². The van der Waals surface area contributed by atoms with Crippen molar-refractivity contribution in [3.8, 4) is 11.6 Å². The summed E-state index contributed by atoms with van der Waals surface area (Å²) in [7, 11) is -1.90. The first-order valence-corrected chi connectivity index (χ1v) is 12.2. The summed E-state index contributed by atoms with van der Waals surface area (Å²) in [5.74, 6) is 1.05. The number of sulfonamides is 1. The van der Waals surface area contributed by atoms with E-state index in [-0.39, 0.29) is 15.5 Å². The fourth-order valence-electron chi connectivity index (χ4n) is 3.40. The quantitative estimate of drug-likeness (QED) is 0.372. The summed E-state index contributed by atoms with van der Waals surface area (Å²) in [6, 6.07) is 7.47. The number of furan rings is 1. The van der Waals surface area contributed by atoms with Gasteiger partial charge in [-0.1, -0.05) is 0 Å². The van der Waals surface area contributed by atoms with Crippen LogP contribution in [0.4, 0.5) is 5.69 Å².